The predicted molar refractivity (Wildman–Crippen MR) is 42.5 cm³/mol. The molecule has 1 atom stereocenters. The van der Waals surface area contributed by atoms with Crippen LogP contribution in [0.3, 0.4) is 0 Å². The number of halogens is 2. The lowest BCUT2D eigenvalue weighted by Crippen LogP contribution is -2.17. The van der Waals surface area contributed by atoms with Gasteiger partial charge in [-0.3, -0.25) is 0 Å². The molecule has 0 bridgehead atoms. The van der Waals surface area contributed by atoms with E-state index in [0.717, 1.165) is 6.42 Å². The molecule has 0 radical (unpaired) electrons. The number of ether oxygens (including phenoxy) is 2. The van der Waals surface area contributed by atoms with Crippen molar-refractivity contribution < 1.29 is 18.3 Å². The van der Waals surface area contributed by atoms with Crippen LogP contribution in [0.2, 0.25) is 0 Å². The van der Waals surface area contributed by atoms with E-state index in [0.29, 0.717) is 6.61 Å². The third-order valence-electron chi connectivity index (χ3n) is 1.57. The second kappa shape index (κ2) is 7.43. The first-order valence-corrected chi connectivity index (χ1v) is 4.09. The first-order valence-electron chi connectivity index (χ1n) is 4.09. The summed E-state index contributed by atoms with van der Waals surface area (Å²) in [6, 6.07) is 0. The van der Waals surface area contributed by atoms with Crippen LogP contribution in [0.15, 0.2) is 0 Å². The lowest BCUT2D eigenvalue weighted by molar-refractivity contribution is -0.00621. The van der Waals surface area contributed by atoms with Gasteiger partial charge in [0, 0.05) is 13.5 Å². The summed E-state index contributed by atoms with van der Waals surface area (Å²) in [5, 5.41) is 0. The standard InChI is InChI=1S/C8H16F2O2/c1-3-7(11-2)6-12-5-4-8(9)10/h7-8H,3-6H2,1-2H3. The Bertz CT molecular complexity index is 95.1. The summed E-state index contributed by atoms with van der Waals surface area (Å²) in [5.41, 5.74) is 0. The highest BCUT2D eigenvalue weighted by Crippen LogP contribution is 2.01. The van der Waals surface area contributed by atoms with Crippen LogP contribution in [-0.2, 0) is 9.47 Å². The van der Waals surface area contributed by atoms with Gasteiger partial charge in [0.15, 0.2) is 0 Å². The zero-order chi connectivity index (χ0) is 9.40. The van der Waals surface area contributed by atoms with E-state index in [1.54, 1.807) is 7.11 Å². The average molecular weight is 182 g/mol. The fourth-order valence-corrected chi connectivity index (χ4v) is 0.740. The van der Waals surface area contributed by atoms with E-state index >= 15 is 0 Å². The van der Waals surface area contributed by atoms with Crippen molar-refractivity contribution in [2.75, 3.05) is 20.3 Å². The Morgan fingerprint density at radius 1 is 1.33 bits per heavy atom. The Morgan fingerprint density at radius 2 is 2.00 bits per heavy atom. The average Bonchev–Trinajstić information content (AvgIpc) is 2.04. The van der Waals surface area contributed by atoms with Gasteiger partial charge in [-0.15, -0.1) is 0 Å². The van der Waals surface area contributed by atoms with E-state index in [1.165, 1.54) is 0 Å². The third-order valence-corrected chi connectivity index (χ3v) is 1.57. The van der Waals surface area contributed by atoms with Gasteiger partial charge in [-0.2, -0.15) is 0 Å². The van der Waals surface area contributed by atoms with Crippen molar-refractivity contribution in [1.82, 2.24) is 0 Å². The van der Waals surface area contributed by atoms with Crippen molar-refractivity contribution in [1.29, 1.82) is 0 Å². The first kappa shape index (κ1) is 11.8. The van der Waals surface area contributed by atoms with Crippen molar-refractivity contribution >= 4 is 0 Å². The Balaban J connectivity index is 3.17. The van der Waals surface area contributed by atoms with E-state index < -0.39 is 6.43 Å². The van der Waals surface area contributed by atoms with Crippen molar-refractivity contribution in [2.45, 2.75) is 32.3 Å². The third kappa shape index (κ3) is 6.49. The van der Waals surface area contributed by atoms with Gasteiger partial charge in [0.05, 0.1) is 19.3 Å². The van der Waals surface area contributed by atoms with Gasteiger partial charge in [0.25, 0.3) is 0 Å². The topological polar surface area (TPSA) is 18.5 Å². The van der Waals surface area contributed by atoms with Gasteiger partial charge in [-0.25, -0.2) is 8.78 Å². The number of methoxy groups -OCH3 is 1. The molecule has 2 nitrogen and oxygen atoms in total. The molecule has 0 aliphatic rings. The van der Waals surface area contributed by atoms with Crippen LogP contribution in [0, 0.1) is 0 Å². The fourth-order valence-electron chi connectivity index (χ4n) is 0.740. The summed E-state index contributed by atoms with van der Waals surface area (Å²) >= 11 is 0. The highest BCUT2D eigenvalue weighted by Gasteiger charge is 2.05. The molecule has 0 spiro atoms. The summed E-state index contributed by atoms with van der Waals surface area (Å²) in [5.74, 6) is 0. The van der Waals surface area contributed by atoms with E-state index in [-0.39, 0.29) is 19.1 Å². The highest BCUT2D eigenvalue weighted by molar-refractivity contribution is 4.51. The second-order valence-electron chi connectivity index (χ2n) is 2.52. The van der Waals surface area contributed by atoms with E-state index in [9.17, 15) is 8.78 Å². The van der Waals surface area contributed by atoms with Gasteiger partial charge in [0.1, 0.15) is 0 Å². The van der Waals surface area contributed by atoms with Gasteiger partial charge < -0.3 is 9.47 Å². The Morgan fingerprint density at radius 3 is 2.42 bits per heavy atom. The number of hydrogen-bond acceptors (Lipinski definition) is 2. The second-order valence-corrected chi connectivity index (χ2v) is 2.52. The molecular weight excluding hydrogens is 166 g/mol. The monoisotopic (exact) mass is 182 g/mol. The molecule has 1 unspecified atom stereocenters. The maximum Gasteiger partial charge on any atom is 0.240 e. The largest absolute Gasteiger partial charge is 0.379 e. The molecule has 12 heavy (non-hydrogen) atoms. The highest BCUT2D eigenvalue weighted by atomic mass is 19.3. The summed E-state index contributed by atoms with van der Waals surface area (Å²) < 4.78 is 33.2. The molecule has 0 amide bonds. The van der Waals surface area contributed by atoms with Crippen molar-refractivity contribution in [3.8, 4) is 0 Å². The van der Waals surface area contributed by atoms with E-state index in [4.69, 9.17) is 9.47 Å². The Kier molecular flexibility index (Phi) is 7.29. The maximum atomic E-state index is 11.6. The molecule has 0 aromatic carbocycles. The molecule has 74 valence electrons. The molecule has 0 aromatic rings. The van der Waals surface area contributed by atoms with Gasteiger partial charge in [-0.05, 0) is 6.42 Å². The Labute approximate surface area is 71.9 Å². The molecule has 4 heteroatoms. The molecule has 0 heterocycles. The number of alkyl halides is 2. The quantitative estimate of drug-likeness (QED) is 0.561. The fraction of sp³-hybridized carbons (Fsp3) is 1.00. The van der Waals surface area contributed by atoms with Crippen molar-refractivity contribution in [3.05, 3.63) is 0 Å². The van der Waals surface area contributed by atoms with Crippen LogP contribution < -0.4 is 0 Å². The van der Waals surface area contributed by atoms with Crippen LogP contribution in [0.4, 0.5) is 8.78 Å². The SMILES string of the molecule is CCC(COCCC(F)F)OC. The smallest absolute Gasteiger partial charge is 0.240 e. The van der Waals surface area contributed by atoms with E-state index in [1.807, 2.05) is 6.92 Å². The molecular formula is C8H16F2O2. The van der Waals surface area contributed by atoms with Crippen LogP contribution in [0.25, 0.3) is 0 Å². The first-order chi connectivity index (χ1) is 5.70. The minimum Gasteiger partial charge on any atom is -0.379 e. The molecule has 0 aliphatic heterocycles. The minimum absolute atomic E-state index is 0.0303. The molecule has 0 N–H and O–H groups in total. The predicted octanol–water partition coefficient (Wildman–Crippen LogP) is 2.08. The lowest BCUT2D eigenvalue weighted by atomic mass is 10.3. The summed E-state index contributed by atoms with van der Waals surface area (Å²) in [4.78, 5) is 0. The van der Waals surface area contributed by atoms with Crippen LogP contribution >= 0.6 is 0 Å². The van der Waals surface area contributed by atoms with Crippen LogP contribution in [0.1, 0.15) is 19.8 Å². The Hall–Kier alpha value is -0.220. The van der Waals surface area contributed by atoms with Gasteiger partial charge in [-0.1, -0.05) is 6.92 Å². The van der Waals surface area contributed by atoms with Crippen molar-refractivity contribution in [3.63, 3.8) is 0 Å². The lowest BCUT2D eigenvalue weighted by Gasteiger charge is -2.12. The van der Waals surface area contributed by atoms with E-state index in [2.05, 4.69) is 0 Å². The van der Waals surface area contributed by atoms with Crippen LogP contribution in [0.5, 0.6) is 0 Å². The van der Waals surface area contributed by atoms with Gasteiger partial charge >= 0.3 is 0 Å². The molecule has 0 rings (SSSR count). The zero-order valence-electron chi connectivity index (χ0n) is 7.56. The normalized spacial score (nSPS) is 13.8. The van der Waals surface area contributed by atoms with Gasteiger partial charge in [0.2, 0.25) is 6.43 Å². The molecule has 0 aromatic heterocycles. The number of hydrogen-bond donors (Lipinski definition) is 0. The van der Waals surface area contributed by atoms with Crippen molar-refractivity contribution in [2.24, 2.45) is 0 Å². The van der Waals surface area contributed by atoms with Crippen LogP contribution in [-0.4, -0.2) is 32.9 Å². The molecule has 0 aliphatic carbocycles. The number of rotatable bonds is 7. The molecule has 0 saturated carbocycles. The summed E-state index contributed by atoms with van der Waals surface area (Å²) in [6.07, 6.45) is -1.60. The molecule has 0 saturated heterocycles. The minimum atomic E-state index is -2.27. The molecule has 0 fully saturated rings. The summed E-state index contributed by atoms with van der Waals surface area (Å²) in [7, 11) is 1.59. The maximum absolute atomic E-state index is 11.6. The summed E-state index contributed by atoms with van der Waals surface area (Å²) in [6.45, 7) is 2.47. The zero-order valence-corrected chi connectivity index (χ0v) is 7.56.